The highest BCUT2D eigenvalue weighted by atomic mass is 16.5. The number of nitrogens with zero attached hydrogens (tertiary/aromatic N) is 4. The van der Waals surface area contributed by atoms with Crippen molar-refractivity contribution in [2.24, 2.45) is 0 Å². The number of para-hydroxylation sites is 1. The summed E-state index contributed by atoms with van der Waals surface area (Å²) in [6.07, 6.45) is 1.72. The minimum Gasteiger partial charge on any atom is -0.457 e. The molecule has 0 unspecified atom stereocenters. The third-order valence-corrected chi connectivity index (χ3v) is 15.0. The Bertz CT molecular complexity index is 4060. The van der Waals surface area contributed by atoms with Crippen molar-refractivity contribution in [1.82, 2.24) is 18.7 Å². The second-order valence-electron chi connectivity index (χ2n) is 24.7. The minimum absolute atomic E-state index is 0.0283. The Balaban J connectivity index is 1.05. The lowest BCUT2D eigenvalue weighted by molar-refractivity contribution is 0.483. The molecule has 0 fully saturated rings. The summed E-state index contributed by atoms with van der Waals surface area (Å²) in [5, 5.41) is 2.00. The first-order chi connectivity index (χ1) is 37.3. The summed E-state index contributed by atoms with van der Waals surface area (Å²) in [6.45, 7) is 24.6. The van der Waals surface area contributed by atoms with E-state index in [1.165, 1.54) is 22.3 Å². The summed E-state index contributed by atoms with van der Waals surface area (Å²) in [4.78, 5) is 5.07. The molecule has 1 aliphatic heterocycles. The van der Waals surface area contributed by atoms with Crippen molar-refractivity contribution in [2.75, 3.05) is 0 Å². The molecule has 0 atom stereocenters. The van der Waals surface area contributed by atoms with Gasteiger partial charge in [-0.15, -0.1) is 0 Å². The second kappa shape index (κ2) is 18.6. The van der Waals surface area contributed by atoms with E-state index < -0.39 is 6.85 Å². The Hall–Kier alpha value is -8.11. The number of ether oxygens (including phenoxy) is 1. The van der Waals surface area contributed by atoms with Gasteiger partial charge in [-0.05, 0) is 130 Å². The van der Waals surface area contributed by atoms with Crippen LogP contribution in [0.4, 0.5) is 22.7 Å². The van der Waals surface area contributed by atoms with Crippen LogP contribution in [-0.4, -0.2) is 15.6 Å². The number of aromatic nitrogens is 2. The number of aryl methyl sites for hydroxylation is 1. The average molecular weight is 998 g/mol. The maximum absolute atomic E-state index is 8.81. The highest BCUT2D eigenvalue weighted by Gasteiger charge is 2.41. The van der Waals surface area contributed by atoms with Gasteiger partial charge in [0.05, 0.1) is 22.7 Å². The summed E-state index contributed by atoms with van der Waals surface area (Å²) in [6, 6.07) is 67.4. The third kappa shape index (κ3) is 9.50. The van der Waals surface area contributed by atoms with Crippen molar-refractivity contribution >= 4 is 50.6 Å². The Kier molecular flexibility index (Phi) is 11.4. The van der Waals surface area contributed by atoms with Crippen LogP contribution in [0.5, 0.6) is 11.5 Å². The topological polar surface area (TPSA) is 33.1 Å². The van der Waals surface area contributed by atoms with E-state index >= 15 is 0 Å². The lowest BCUT2D eigenvalue weighted by Crippen LogP contribution is -2.17. The molecule has 2 aromatic heterocycles. The normalized spacial score (nSPS) is 13.8. The van der Waals surface area contributed by atoms with E-state index in [1.54, 1.807) is 12.3 Å². The fourth-order valence-electron chi connectivity index (χ4n) is 10.4. The van der Waals surface area contributed by atoms with Crippen LogP contribution in [0.3, 0.4) is 0 Å². The summed E-state index contributed by atoms with van der Waals surface area (Å²) in [7, 11) is 0. The molecule has 10 aromatic rings. The standard InChI is InChI=1S/C71H70N4O/c1-46-36-66(72-44-62(46)48-28-31-51(32-29-48)68(2,3)4)75-63-35-30-49(47-20-15-14-16-21-47)38-61(63)60-34-33-58(43-65(60)75)76-57-25-18-24-55(42-57)73-45-74(56-40-53(70(8,9)10)39-54(41-56)71(11,12)13)67-59(26-19-27-64(67)73)50-22-17-23-52(37-50)69(5,6)7/h14-44H,1-13H3/q+2/i1D3. The fourth-order valence-corrected chi connectivity index (χ4v) is 10.4. The van der Waals surface area contributed by atoms with Gasteiger partial charge in [0.25, 0.3) is 5.69 Å². The molecule has 1 aliphatic rings. The summed E-state index contributed by atoms with van der Waals surface area (Å²) < 4.78 is 39.8. The van der Waals surface area contributed by atoms with Crippen LogP contribution in [-0.2, 0) is 21.7 Å². The number of pyridine rings is 1. The van der Waals surface area contributed by atoms with E-state index in [4.69, 9.17) is 13.8 Å². The lowest BCUT2D eigenvalue weighted by Gasteiger charge is -2.24. The van der Waals surface area contributed by atoms with Crippen LogP contribution < -0.4 is 13.9 Å². The van der Waals surface area contributed by atoms with Crippen LogP contribution in [0.2, 0.25) is 0 Å². The molecule has 0 spiro atoms. The minimum atomic E-state index is -2.42. The van der Waals surface area contributed by atoms with E-state index in [1.807, 2.05) is 54.6 Å². The molecular formula is C71H70N4O+2. The van der Waals surface area contributed by atoms with Gasteiger partial charge in [0, 0.05) is 57.0 Å². The van der Waals surface area contributed by atoms with Gasteiger partial charge in [0.1, 0.15) is 17.3 Å². The molecule has 3 heterocycles. The molecule has 8 aromatic carbocycles. The SMILES string of the molecule is [2H]C([2H])([2H])c1cc(-n2c3ccc(-c4ccccc4)cc3c3ccc(Oc4cccc([N+]5=C=[N+](c6cc(C(C)(C)C)cc(C(C)(C)C)c6)c6c(-c7cccc(C(C)(C)C)c7)cccc65)c4)cc32)ncc1-c1ccc(C(C)(C)C)cc1. The number of rotatable bonds is 8. The monoisotopic (exact) mass is 998 g/mol. The third-order valence-electron chi connectivity index (χ3n) is 15.0. The van der Waals surface area contributed by atoms with Crippen LogP contribution in [0.15, 0.2) is 188 Å². The molecule has 0 radical (unpaired) electrons. The quantitative estimate of drug-likeness (QED) is 0.142. The largest absolute Gasteiger partial charge is 0.503 e. The summed E-state index contributed by atoms with van der Waals surface area (Å²) in [5.74, 6) is 1.77. The van der Waals surface area contributed by atoms with Gasteiger partial charge in [-0.1, -0.05) is 186 Å². The van der Waals surface area contributed by atoms with Gasteiger partial charge in [-0.2, -0.15) is 0 Å². The van der Waals surface area contributed by atoms with E-state index in [2.05, 4.69) is 224 Å². The molecular weight excluding hydrogens is 925 g/mol. The molecule has 0 saturated carbocycles. The maximum atomic E-state index is 8.81. The van der Waals surface area contributed by atoms with E-state index in [9.17, 15) is 0 Å². The Morgan fingerprint density at radius 3 is 1.80 bits per heavy atom. The highest BCUT2D eigenvalue weighted by Crippen LogP contribution is 2.46. The smallest absolute Gasteiger partial charge is 0.457 e. The number of benzene rings is 8. The molecule has 5 heteroatoms. The predicted molar refractivity (Wildman–Crippen MR) is 322 cm³/mol. The lowest BCUT2D eigenvalue weighted by atomic mass is 9.80. The molecule has 0 aliphatic carbocycles. The van der Waals surface area contributed by atoms with Crippen LogP contribution in [0, 0.1) is 6.85 Å². The molecule has 378 valence electrons. The van der Waals surface area contributed by atoms with Crippen molar-refractivity contribution in [3.8, 4) is 50.7 Å². The Labute approximate surface area is 454 Å². The van der Waals surface area contributed by atoms with Gasteiger partial charge < -0.3 is 4.74 Å². The fraction of sp³-hybridized carbons (Fsp3) is 0.239. The van der Waals surface area contributed by atoms with E-state index in [-0.39, 0.29) is 27.2 Å². The van der Waals surface area contributed by atoms with E-state index in [0.717, 1.165) is 72.4 Å². The number of hydrogen-bond acceptors (Lipinski definition) is 2. The first kappa shape index (κ1) is 46.4. The highest BCUT2D eigenvalue weighted by molar-refractivity contribution is 6.11. The summed E-state index contributed by atoms with van der Waals surface area (Å²) in [5.41, 5.74) is 16.5. The zero-order valence-corrected chi connectivity index (χ0v) is 46.1. The van der Waals surface area contributed by atoms with Gasteiger partial charge in [0.2, 0.25) is 11.4 Å². The van der Waals surface area contributed by atoms with Gasteiger partial charge >= 0.3 is 11.7 Å². The molecule has 0 N–H and O–H groups in total. The second-order valence-corrected chi connectivity index (χ2v) is 24.7. The molecule has 0 bridgehead atoms. The zero-order chi connectivity index (χ0) is 56.0. The molecule has 5 nitrogen and oxygen atoms in total. The van der Waals surface area contributed by atoms with Crippen LogP contribution >= 0.6 is 0 Å². The maximum Gasteiger partial charge on any atom is 0.503 e. The average Bonchev–Trinajstić information content (AvgIpc) is 4.22. The van der Waals surface area contributed by atoms with Crippen LogP contribution in [0.25, 0.3) is 61.0 Å². The van der Waals surface area contributed by atoms with Gasteiger partial charge in [-0.3, -0.25) is 4.57 Å². The Morgan fingerprint density at radius 2 is 1.11 bits per heavy atom. The number of hydrogen-bond donors (Lipinski definition) is 0. The van der Waals surface area contributed by atoms with Crippen molar-refractivity contribution in [2.45, 2.75) is 112 Å². The first-order valence-corrected chi connectivity index (χ1v) is 26.6. The predicted octanol–water partition coefficient (Wildman–Crippen LogP) is 19.3. The van der Waals surface area contributed by atoms with E-state index in [0.29, 0.717) is 22.9 Å². The van der Waals surface area contributed by atoms with Crippen molar-refractivity contribution < 1.29 is 8.85 Å². The van der Waals surface area contributed by atoms with Crippen LogP contribution in [0.1, 0.15) is 115 Å². The summed E-state index contributed by atoms with van der Waals surface area (Å²) >= 11 is 0. The van der Waals surface area contributed by atoms with Gasteiger partial charge in [0.15, 0.2) is 0 Å². The molecule has 0 saturated heterocycles. The first-order valence-electron chi connectivity index (χ1n) is 28.1. The molecule has 0 amide bonds. The number of fused-ring (bicyclic) bond motifs is 4. The Morgan fingerprint density at radius 1 is 0.447 bits per heavy atom. The van der Waals surface area contributed by atoms with Crippen molar-refractivity contribution in [3.05, 3.63) is 216 Å². The zero-order valence-electron chi connectivity index (χ0n) is 49.1. The van der Waals surface area contributed by atoms with Crippen molar-refractivity contribution in [1.29, 1.82) is 0 Å². The van der Waals surface area contributed by atoms with Gasteiger partial charge in [-0.25, -0.2) is 4.98 Å². The van der Waals surface area contributed by atoms with Crippen molar-refractivity contribution in [3.63, 3.8) is 0 Å². The molecule has 11 rings (SSSR count). The molecule has 76 heavy (non-hydrogen) atoms.